The van der Waals surface area contributed by atoms with Crippen LogP contribution >= 0.6 is 0 Å². The molecular formula is C35H66O4. The number of carboxylic acids is 1. The fraction of sp³-hybridized carbons (Fsp3) is 0.886. The van der Waals surface area contributed by atoms with E-state index in [4.69, 9.17) is 9.84 Å². The smallest absolute Gasteiger partial charge is 0.306 e. The van der Waals surface area contributed by atoms with Gasteiger partial charge >= 0.3 is 11.9 Å². The molecule has 0 saturated carbocycles. The number of carbonyl (C=O) groups is 2. The highest BCUT2D eigenvalue weighted by Crippen LogP contribution is 2.18. The van der Waals surface area contributed by atoms with Crippen LogP contribution in [0.5, 0.6) is 0 Å². The van der Waals surface area contributed by atoms with Gasteiger partial charge in [-0.25, -0.2) is 0 Å². The van der Waals surface area contributed by atoms with Crippen molar-refractivity contribution in [1.82, 2.24) is 0 Å². The second-order valence-corrected chi connectivity index (χ2v) is 11.7. The average molecular weight is 551 g/mol. The van der Waals surface area contributed by atoms with Gasteiger partial charge in [0.1, 0.15) is 6.10 Å². The maximum atomic E-state index is 12.5. The van der Waals surface area contributed by atoms with Crippen LogP contribution in [0.15, 0.2) is 12.2 Å². The Hall–Kier alpha value is -1.32. The molecule has 1 unspecified atom stereocenters. The van der Waals surface area contributed by atoms with Gasteiger partial charge in [-0.1, -0.05) is 129 Å². The Morgan fingerprint density at radius 3 is 1.38 bits per heavy atom. The molecule has 4 nitrogen and oxygen atoms in total. The molecule has 0 bridgehead atoms. The molecule has 0 heterocycles. The summed E-state index contributed by atoms with van der Waals surface area (Å²) in [5.74, 6) is -0.709. The summed E-state index contributed by atoms with van der Waals surface area (Å²) >= 11 is 0. The maximum Gasteiger partial charge on any atom is 0.306 e. The Morgan fingerprint density at radius 2 is 0.923 bits per heavy atom. The Bertz CT molecular complexity index is 557. The molecule has 0 spiro atoms. The predicted octanol–water partition coefficient (Wildman–Crippen LogP) is 11.5. The van der Waals surface area contributed by atoms with Crippen LogP contribution < -0.4 is 0 Å². The van der Waals surface area contributed by atoms with Crippen LogP contribution in [-0.2, 0) is 14.3 Å². The third-order valence-electron chi connectivity index (χ3n) is 7.74. The van der Waals surface area contributed by atoms with Gasteiger partial charge in [-0.15, -0.1) is 0 Å². The van der Waals surface area contributed by atoms with Crippen LogP contribution in [-0.4, -0.2) is 23.1 Å². The number of aliphatic carboxylic acids is 1. The van der Waals surface area contributed by atoms with Gasteiger partial charge in [-0.05, 0) is 64.2 Å². The molecule has 0 aromatic heterocycles. The number of allylic oxidation sites excluding steroid dienone is 2. The summed E-state index contributed by atoms with van der Waals surface area (Å²) in [4.78, 5) is 23.2. The van der Waals surface area contributed by atoms with Gasteiger partial charge in [0.15, 0.2) is 0 Å². The standard InChI is InChI=1S/C35H66O4/c1-3-5-7-9-11-12-13-14-15-16-17-19-24-28-32-35(38)39-33(29-25-21-18-10-8-6-4-2)30-26-22-20-23-27-31-34(36)37/h13-14,33H,3-12,15-32H2,1-2H3,(H,36,37)/b14-13-. The van der Waals surface area contributed by atoms with Gasteiger partial charge < -0.3 is 9.84 Å². The normalized spacial score (nSPS) is 12.3. The third-order valence-corrected chi connectivity index (χ3v) is 7.74. The monoisotopic (exact) mass is 550 g/mol. The third kappa shape index (κ3) is 31.1. The van der Waals surface area contributed by atoms with Crippen molar-refractivity contribution in [2.75, 3.05) is 0 Å². The summed E-state index contributed by atoms with van der Waals surface area (Å²) in [5.41, 5.74) is 0. The number of rotatable bonds is 31. The molecule has 39 heavy (non-hydrogen) atoms. The van der Waals surface area contributed by atoms with Crippen LogP contribution in [0.2, 0.25) is 0 Å². The number of hydrogen-bond donors (Lipinski definition) is 1. The minimum absolute atomic E-state index is 0.00808. The number of hydrogen-bond acceptors (Lipinski definition) is 3. The topological polar surface area (TPSA) is 63.6 Å². The highest BCUT2D eigenvalue weighted by atomic mass is 16.5. The molecular weight excluding hydrogens is 484 g/mol. The zero-order valence-electron chi connectivity index (χ0n) is 26.2. The fourth-order valence-electron chi connectivity index (χ4n) is 5.18. The summed E-state index contributed by atoms with van der Waals surface area (Å²) < 4.78 is 5.94. The minimum atomic E-state index is -0.701. The zero-order valence-corrected chi connectivity index (χ0v) is 26.2. The Balaban J connectivity index is 3.97. The largest absolute Gasteiger partial charge is 0.481 e. The van der Waals surface area contributed by atoms with E-state index in [1.807, 2.05) is 0 Å². The Labute approximate surface area is 243 Å². The molecule has 0 fully saturated rings. The predicted molar refractivity (Wildman–Crippen MR) is 167 cm³/mol. The summed E-state index contributed by atoms with van der Waals surface area (Å²) in [7, 11) is 0. The van der Waals surface area contributed by atoms with E-state index in [2.05, 4.69) is 26.0 Å². The lowest BCUT2D eigenvalue weighted by atomic mass is 10.0. The SMILES string of the molecule is CCCCCCC/C=C\CCCCCCCC(=O)OC(CCCCCCCCC)CCCCCCCC(=O)O. The van der Waals surface area contributed by atoms with Crippen molar-refractivity contribution in [2.45, 2.75) is 200 Å². The molecule has 230 valence electrons. The van der Waals surface area contributed by atoms with Crippen LogP contribution in [0.25, 0.3) is 0 Å². The van der Waals surface area contributed by atoms with Gasteiger partial charge in [-0.2, -0.15) is 0 Å². The molecule has 0 aliphatic heterocycles. The first-order valence-electron chi connectivity index (χ1n) is 17.2. The first kappa shape index (κ1) is 37.7. The van der Waals surface area contributed by atoms with E-state index in [9.17, 15) is 9.59 Å². The van der Waals surface area contributed by atoms with Crippen molar-refractivity contribution >= 4 is 11.9 Å². The number of unbranched alkanes of at least 4 members (excludes halogenated alkanes) is 20. The minimum Gasteiger partial charge on any atom is -0.481 e. The summed E-state index contributed by atoms with van der Waals surface area (Å²) in [5, 5.41) is 8.76. The Morgan fingerprint density at radius 1 is 0.538 bits per heavy atom. The van der Waals surface area contributed by atoms with Crippen molar-refractivity contribution in [3.63, 3.8) is 0 Å². The Kier molecular flexibility index (Phi) is 30.2. The van der Waals surface area contributed by atoms with Gasteiger partial charge in [0, 0.05) is 12.8 Å². The van der Waals surface area contributed by atoms with Crippen LogP contribution in [0, 0.1) is 0 Å². The molecule has 4 heteroatoms. The molecule has 1 atom stereocenters. The van der Waals surface area contributed by atoms with Crippen LogP contribution in [0.1, 0.15) is 194 Å². The van der Waals surface area contributed by atoms with Gasteiger partial charge in [0.2, 0.25) is 0 Å². The number of ether oxygens (including phenoxy) is 1. The van der Waals surface area contributed by atoms with E-state index >= 15 is 0 Å². The van der Waals surface area contributed by atoms with Gasteiger partial charge in [-0.3, -0.25) is 9.59 Å². The first-order chi connectivity index (χ1) is 19.1. The quantitative estimate of drug-likeness (QED) is 0.0529. The fourth-order valence-corrected chi connectivity index (χ4v) is 5.18. The van der Waals surface area contributed by atoms with E-state index in [0.717, 1.165) is 64.2 Å². The molecule has 0 aromatic rings. The molecule has 0 aromatic carbocycles. The lowest BCUT2D eigenvalue weighted by Crippen LogP contribution is -2.18. The van der Waals surface area contributed by atoms with Crippen molar-refractivity contribution in [2.24, 2.45) is 0 Å². The summed E-state index contributed by atoms with van der Waals surface area (Å²) in [6.45, 7) is 4.52. The number of carboxylic acid groups (broad SMARTS) is 1. The van der Waals surface area contributed by atoms with Gasteiger partial charge in [0.05, 0.1) is 0 Å². The lowest BCUT2D eigenvalue weighted by Gasteiger charge is -2.18. The average Bonchev–Trinajstić information content (AvgIpc) is 2.91. The van der Waals surface area contributed by atoms with E-state index in [-0.39, 0.29) is 18.5 Å². The molecule has 1 N–H and O–H groups in total. The second kappa shape index (κ2) is 31.2. The van der Waals surface area contributed by atoms with Crippen molar-refractivity contribution in [3.8, 4) is 0 Å². The molecule has 0 rings (SSSR count). The molecule has 0 radical (unpaired) electrons. The second-order valence-electron chi connectivity index (χ2n) is 11.7. The summed E-state index contributed by atoms with van der Waals surface area (Å²) in [6.07, 6.45) is 36.5. The molecule has 0 saturated heterocycles. The van der Waals surface area contributed by atoms with Crippen LogP contribution in [0.4, 0.5) is 0 Å². The van der Waals surface area contributed by atoms with Crippen LogP contribution in [0.3, 0.4) is 0 Å². The van der Waals surface area contributed by atoms with E-state index in [0.29, 0.717) is 6.42 Å². The summed E-state index contributed by atoms with van der Waals surface area (Å²) in [6, 6.07) is 0. The lowest BCUT2D eigenvalue weighted by molar-refractivity contribution is -0.150. The van der Waals surface area contributed by atoms with Crippen molar-refractivity contribution in [1.29, 1.82) is 0 Å². The van der Waals surface area contributed by atoms with E-state index < -0.39 is 5.97 Å². The molecule has 0 amide bonds. The van der Waals surface area contributed by atoms with E-state index in [1.54, 1.807) is 0 Å². The van der Waals surface area contributed by atoms with Gasteiger partial charge in [0.25, 0.3) is 0 Å². The highest BCUT2D eigenvalue weighted by Gasteiger charge is 2.14. The zero-order chi connectivity index (χ0) is 28.7. The number of esters is 1. The first-order valence-corrected chi connectivity index (χ1v) is 17.2. The van der Waals surface area contributed by atoms with E-state index in [1.165, 1.54) is 103 Å². The molecule has 0 aliphatic rings. The maximum absolute atomic E-state index is 12.5. The number of carbonyl (C=O) groups excluding carboxylic acids is 1. The molecule has 0 aliphatic carbocycles. The van der Waals surface area contributed by atoms with Crippen molar-refractivity contribution < 1.29 is 19.4 Å². The highest BCUT2D eigenvalue weighted by molar-refractivity contribution is 5.69. The van der Waals surface area contributed by atoms with Crippen molar-refractivity contribution in [3.05, 3.63) is 12.2 Å².